The molecule has 1 atom stereocenters. The number of aryl methyl sites for hydroxylation is 1. The summed E-state index contributed by atoms with van der Waals surface area (Å²) in [6.07, 6.45) is 9.38. The molecule has 4 rings (SSSR count). The lowest BCUT2D eigenvalue weighted by Gasteiger charge is -2.27. The first-order chi connectivity index (χ1) is 11.7. The van der Waals surface area contributed by atoms with Crippen molar-refractivity contribution < 1.29 is 9.80 Å². The number of aliphatic imine (C=N–C) groups is 1. The van der Waals surface area contributed by atoms with Gasteiger partial charge in [-0.25, -0.2) is 0 Å². The molecule has 0 bridgehead atoms. The summed E-state index contributed by atoms with van der Waals surface area (Å²) < 4.78 is 1.90. The van der Waals surface area contributed by atoms with Gasteiger partial charge in [0.2, 0.25) is 6.20 Å². The van der Waals surface area contributed by atoms with Crippen LogP contribution < -0.4 is 5.32 Å². The normalized spacial score (nSPS) is 28.8. The summed E-state index contributed by atoms with van der Waals surface area (Å²) in [5.74, 6) is 0.910. The molecule has 1 aliphatic carbocycles. The van der Waals surface area contributed by atoms with Crippen LogP contribution in [0.15, 0.2) is 52.8 Å². The van der Waals surface area contributed by atoms with Crippen molar-refractivity contribution in [3.05, 3.63) is 53.9 Å². The molecule has 5 heteroatoms. The minimum atomic E-state index is -0.133. The second kappa shape index (κ2) is 6.32. The van der Waals surface area contributed by atoms with E-state index in [1.807, 2.05) is 23.2 Å². The summed E-state index contributed by atoms with van der Waals surface area (Å²) in [4.78, 5) is 4.86. The fourth-order valence-electron chi connectivity index (χ4n) is 3.53. The van der Waals surface area contributed by atoms with E-state index in [2.05, 4.69) is 41.6 Å². The van der Waals surface area contributed by atoms with Crippen LogP contribution >= 0.6 is 0 Å². The van der Waals surface area contributed by atoms with Crippen molar-refractivity contribution in [2.45, 2.75) is 50.9 Å². The number of hydrogen-bond acceptors (Lipinski definition) is 4. The van der Waals surface area contributed by atoms with Gasteiger partial charge in [0.25, 0.3) is 0 Å². The van der Waals surface area contributed by atoms with Gasteiger partial charge in [-0.1, -0.05) is 34.5 Å². The van der Waals surface area contributed by atoms with E-state index in [0.29, 0.717) is 6.04 Å². The number of azo groups is 2. The summed E-state index contributed by atoms with van der Waals surface area (Å²) in [6, 6.07) is 8.86. The van der Waals surface area contributed by atoms with Crippen LogP contribution in [0.4, 0.5) is 0 Å². The molecule has 124 valence electrons. The van der Waals surface area contributed by atoms with Crippen LogP contribution in [0.2, 0.25) is 0 Å². The third-order valence-electron chi connectivity index (χ3n) is 4.91. The SMILES string of the molecule is Cc1cccc(C2=CN=[N+]3C=CC(NC4CCC(O)CC4)=NC23)c1. The predicted octanol–water partition coefficient (Wildman–Crippen LogP) is 2.96. The number of amidine groups is 1. The van der Waals surface area contributed by atoms with Crippen molar-refractivity contribution in [2.75, 3.05) is 0 Å². The number of nitrogens with one attached hydrogen (secondary N) is 1. The molecule has 0 amide bonds. The molecule has 1 saturated carbocycles. The number of aliphatic hydroxyl groups is 1. The van der Waals surface area contributed by atoms with Crippen LogP contribution in [0.1, 0.15) is 36.8 Å². The molecule has 1 fully saturated rings. The Hall–Kier alpha value is -2.27. The zero-order valence-corrected chi connectivity index (χ0v) is 13.9. The first kappa shape index (κ1) is 15.3. The Morgan fingerprint density at radius 2 is 2.04 bits per heavy atom. The van der Waals surface area contributed by atoms with Crippen molar-refractivity contribution in [1.82, 2.24) is 5.32 Å². The quantitative estimate of drug-likeness (QED) is 0.822. The highest BCUT2D eigenvalue weighted by Crippen LogP contribution is 2.29. The maximum absolute atomic E-state index is 9.64. The van der Waals surface area contributed by atoms with Crippen molar-refractivity contribution in [3.63, 3.8) is 0 Å². The predicted molar refractivity (Wildman–Crippen MR) is 93.6 cm³/mol. The van der Waals surface area contributed by atoms with E-state index in [-0.39, 0.29) is 12.3 Å². The van der Waals surface area contributed by atoms with E-state index in [1.54, 1.807) is 0 Å². The Bertz CT molecular complexity index is 754. The Morgan fingerprint density at radius 3 is 2.83 bits per heavy atom. The zero-order valence-electron chi connectivity index (χ0n) is 13.9. The van der Waals surface area contributed by atoms with Crippen molar-refractivity contribution in [1.29, 1.82) is 0 Å². The van der Waals surface area contributed by atoms with Crippen molar-refractivity contribution in [2.24, 2.45) is 10.1 Å². The first-order valence-electron chi connectivity index (χ1n) is 8.66. The molecule has 2 aliphatic heterocycles. The largest absolute Gasteiger partial charge is 0.393 e. The van der Waals surface area contributed by atoms with Gasteiger partial charge in [-0.05, 0) is 43.3 Å². The molecule has 24 heavy (non-hydrogen) atoms. The summed E-state index contributed by atoms with van der Waals surface area (Å²) in [7, 11) is 0. The molecule has 0 saturated heterocycles. The topological polar surface area (TPSA) is 60.0 Å². The van der Waals surface area contributed by atoms with Crippen LogP contribution in [-0.2, 0) is 0 Å². The van der Waals surface area contributed by atoms with Crippen LogP contribution in [0.5, 0.6) is 0 Å². The second-order valence-electron chi connectivity index (χ2n) is 6.80. The molecular formula is C19H23N4O+. The number of hydrogen-bond donors (Lipinski definition) is 2. The lowest BCUT2D eigenvalue weighted by atomic mass is 9.93. The molecule has 1 aromatic carbocycles. The number of aliphatic hydroxyl groups excluding tert-OH is 1. The molecule has 1 unspecified atom stereocenters. The maximum atomic E-state index is 9.64. The number of rotatable bonds is 2. The molecule has 0 spiro atoms. The fourth-order valence-corrected chi connectivity index (χ4v) is 3.53. The monoisotopic (exact) mass is 323 g/mol. The third-order valence-corrected chi connectivity index (χ3v) is 4.91. The van der Waals surface area contributed by atoms with Gasteiger partial charge in [0, 0.05) is 12.1 Å². The molecule has 0 radical (unpaired) electrons. The van der Waals surface area contributed by atoms with Gasteiger partial charge in [0.15, 0.2) is 0 Å². The van der Waals surface area contributed by atoms with E-state index in [4.69, 9.17) is 4.99 Å². The van der Waals surface area contributed by atoms with Crippen LogP contribution in [-0.4, -0.2) is 34.0 Å². The lowest BCUT2D eigenvalue weighted by Crippen LogP contribution is -2.40. The van der Waals surface area contributed by atoms with E-state index in [9.17, 15) is 5.11 Å². The molecule has 2 N–H and O–H groups in total. The minimum Gasteiger partial charge on any atom is -0.393 e. The molecule has 0 aromatic heterocycles. The summed E-state index contributed by atoms with van der Waals surface area (Å²) in [5.41, 5.74) is 3.54. The first-order valence-corrected chi connectivity index (χ1v) is 8.66. The van der Waals surface area contributed by atoms with E-state index in [0.717, 1.165) is 37.1 Å². The third kappa shape index (κ3) is 3.04. The Kier molecular flexibility index (Phi) is 4.02. The number of nitrogens with zero attached hydrogens (tertiary/aromatic N) is 3. The maximum Gasteiger partial charge on any atom is 0.306 e. The molecule has 2 heterocycles. The highest BCUT2D eigenvalue weighted by atomic mass is 16.3. The van der Waals surface area contributed by atoms with Gasteiger partial charge >= 0.3 is 6.17 Å². The van der Waals surface area contributed by atoms with Crippen LogP contribution in [0, 0.1) is 6.92 Å². The fraction of sp³-hybridized carbons (Fsp3) is 0.421. The van der Waals surface area contributed by atoms with Gasteiger partial charge in [-0.15, -0.1) is 0 Å². The van der Waals surface area contributed by atoms with Gasteiger partial charge < -0.3 is 10.4 Å². The molecule has 1 aromatic rings. The summed E-state index contributed by atoms with van der Waals surface area (Å²) >= 11 is 0. The molecule has 5 nitrogen and oxygen atoms in total. The molecular weight excluding hydrogens is 300 g/mol. The zero-order chi connectivity index (χ0) is 16.5. The van der Waals surface area contributed by atoms with Crippen molar-refractivity contribution in [3.8, 4) is 0 Å². The Balaban J connectivity index is 1.51. The highest BCUT2D eigenvalue weighted by molar-refractivity contribution is 5.94. The van der Waals surface area contributed by atoms with Gasteiger partial charge in [-0.3, -0.25) is 0 Å². The Labute approximate surface area is 142 Å². The second-order valence-corrected chi connectivity index (χ2v) is 6.80. The average molecular weight is 323 g/mol. The van der Waals surface area contributed by atoms with E-state index in [1.165, 1.54) is 11.1 Å². The standard InChI is InChI=1S/C19H23N4O/c1-13-3-2-4-14(11-13)17-12-20-23-10-9-18(22-19(17)23)21-15-5-7-16(24)8-6-15/h2-4,9-12,15-16,19,24H,5-8H2,1H3,(H,21,22)/q+1. The average Bonchev–Trinajstić information content (AvgIpc) is 3.00. The minimum absolute atomic E-state index is 0.0894. The summed E-state index contributed by atoms with van der Waals surface area (Å²) in [5, 5.41) is 17.6. The number of fused-ring (bicyclic) bond motifs is 1. The van der Waals surface area contributed by atoms with E-state index >= 15 is 0 Å². The van der Waals surface area contributed by atoms with Crippen molar-refractivity contribution >= 4 is 11.4 Å². The van der Waals surface area contributed by atoms with Gasteiger partial charge in [0.05, 0.1) is 11.7 Å². The van der Waals surface area contributed by atoms with Gasteiger partial charge in [0.1, 0.15) is 12.0 Å². The lowest BCUT2D eigenvalue weighted by molar-refractivity contribution is -0.542. The smallest absolute Gasteiger partial charge is 0.306 e. The van der Waals surface area contributed by atoms with Gasteiger partial charge in [-0.2, -0.15) is 4.99 Å². The summed E-state index contributed by atoms with van der Waals surface area (Å²) in [6.45, 7) is 2.10. The van der Waals surface area contributed by atoms with Crippen LogP contribution in [0.25, 0.3) is 5.57 Å². The molecule has 3 aliphatic rings. The number of benzene rings is 1. The van der Waals surface area contributed by atoms with Crippen LogP contribution in [0.3, 0.4) is 0 Å². The Morgan fingerprint density at radius 1 is 1.21 bits per heavy atom. The van der Waals surface area contributed by atoms with E-state index < -0.39 is 0 Å². The highest BCUT2D eigenvalue weighted by Gasteiger charge is 2.34.